The van der Waals surface area contributed by atoms with Gasteiger partial charge in [0, 0.05) is 21.9 Å². The average Bonchev–Trinajstić information content (AvgIpc) is 3.40. The highest BCUT2D eigenvalue weighted by Crippen LogP contribution is 2.38. The smallest absolute Gasteiger partial charge is 0.226 e. The second-order valence-electron chi connectivity index (χ2n) is 8.27. The third-order valence-electron chi connectivity index (χ3n) is 6.30. The van der Waals surface area contributed by atoms with E-state index in [1.807, 2.05) is 36.4 Å². The Balaban J connectivity index is 1.32. The Labute approximate surface area is 194 Å². The Morgan fingerprint density at radius 1 is 0.606 bits per heavy atom. The number of furan rings is 1. The molecule has 0 fully saturated rings. The summed E-state index contributed by atoms with van der Waals surface area (Å²) in [5.41, 5.74) is 8.60. The monoisotopic (exact) mass is 445 g/mol. The summed E-state index contributed by atoms with van der Waals surface area (Å²) in [6.07, 6.45) is 0.910. The lowest BCUT2D eigenvalue weighted by Gasteiger charge is -2.07. The van der Waals surface area contributed by atoms with Gasteiger partial charge < -0.3 is 4.42 Å². The average molecular weight is 446 g/mol. The van der Waals surface area contributed by atoms with Crippen LogP contribution in [0.15, 0.2) is 89.3 Å². The van der Waals surface area contributed by atoms with Crippen molar-refractivity contribution < 1.29 is 4.42 Å². The van der Waals surface area contributed by atoms with E-state index in [1.54, 1.807) is 0 Å². The number of para-hydroxylation sites is 1. The first-order chi connectivity index (χ1) is 16.2. The maximum atomic E-state index is 6.34. The van der Waals surface area contributed by atoms with Gasteiger partial charge in [0.25, 0.3) is 0 Å². The molecule has 0 unspecified atom stereocenters. The van der Waals surface area contributed by atoms with Crippen molar-refractivity contribution in [3.8, 4) is 33.9 Å². The maximum absolute atomic E-state index is 6.34. The summed E-state index contributed by atoms with van der Waals surface area (Å²) < 4.78 is 6.04. The summed E-state index contributed by atoms with van der Waals surface area (Å²) in [4.78, 5) is 13.6. The van der Waals surface area contributed by atoms with Gasteiger partial charge in [0.15, 0.2) is 11.6 Å². The highest BCUT2D eigenvalue weighted by molar-refractivity contribution is 6.28. The summed E-state index contributed by atoms with van der Waals surface area (Å²) in [6.45, 7) is 0. The molecular weight excluding hydrogens is 430 g/mol. The minimum Gasteiger partial charge on any atom is -0.456 e. The maximum Gasteiger partial charge on any atom is 0.226 e. The normalized spacial score (nSPS) is 12.3. The van der Waals surface area contributed by atoms with E-state index in [1.165, 1.54) is 22.3 Å². The van der Waals surface area contributed by atoms with Crippen molar-refractivity contribution in [1.82, 2.24) is 15.0 Å². The van der Waals surface area contributed by atoms with Crippen molar-refractivity contribution in [3.63, 3.8) is 0 Å². The molecule has 0 spiro atoms. The standard InChI is InChI=1S/C28H16ClN3O/c29-28-31-26(17-9-11-21-19(14-17)13-16-5-1-2-6-20(16)21)30-27(32-28)18-10-12-23-22-7-3-4-8-24(22)33-25(23)15-18/h1-12,14-15H,13H2. The molecule has 0 amide bonds. The molecule has 4 aromatic carbocycles. The van der Waals surface area contributed by atoms with Crippen molar-refractivity contribution in [3.05, 3.63) is 101 Å². The van der Waals surface area contributed by atoms with E-state index in [0.717, 1.165) is 39.5 Å². The Hall–Kier alpha value is -4.02. The molecule has 0 atom stereocenters. The Morgan fingerprint density at radius 2 is 1.30 bits per heavy atom. The van der Waals surface area contributed by atoms with E-state index in [9.17, 15) is 0 Å². The summed E-state index contributed by atoms with van der Waals surface area (Å²) in [5, 5.41) is 2.32. The van der Waals surface area contributed by atoms with Crippen molar-refractivity contribution >= 4 is 33.5 Å². The Kier molecular flexibility index (Phi) is 3.93. The highest BCUT2D eigenvalue weighted by atomic mass is 35.5. The highest BCUT2D eigenvalue weighted by Gasteiger charge is 2.19. The zero-order valence-electron chi connectivity index (χ0n) is 17.4. The first kappa shape index (κ1) is 18.5. The molecule has 0 bridgehead atoms. The Morgan fingerprint density at radius 3 is 2.21 bits per heavy atom. The largest absolute Gasteiger partial charge is 0.456 e. The molecule has 0 saturated heterocycles. The van der Waals surface area contributed by atoms with Gasteiger partial charge in [0.05, 0.1) is 0 Å². The lowest BCUT2D eigenvalue weighted by molar-refractivity contribution is 0.669. The number of hydrogen-bond donors (Lipinski definition) is 0. The predicted octanol–water partition coefficient (Wildman–Crippen LogP) is 7.33. The van der Waals surface area contributed by atoms with Gasteiger partial charge in [-0.05, 0) is 64.5 Å². The minimum atomic E-state index is 0.170. The molecule has 4 nitrogen and oxygen atoms in total. The number of benzene rings is 4. The van der Waals surface area contributed by atoms with Crippen molar-refractivity contribution in [2.24, 2.45) is 0 Å². The minimum absolute atomic E-state index is 0.170. The molecule has 0 radical (unpaired) electrons. The van der Waals surface area contributed by atoms with Crippen molar-refractivity contribution in [2.45, 2.75) is 6.42 Å². The topological polar surface area (TPSA) is 51.8 Å². The van der Waals surface area contributed by atoms with Crippen LogP contribution in [0.2, 0.25) is 5.28 Å². The van der Waals surface area contributed by atoms with E-state index in [-0.39, 0.29) is 5.28 Å². The lowest BCUT2D eigenvalue weighted by atomic mass is 10.0. The molecule has 0 N–H and O–H groups in total. The van der Waals surface area contributed by atoms with E-state index in [4.69, 9.17) is 21.0 Å². The molecule has 2 aromatic heterocycles. The van der Waals surface area contributed by atoms with Gasteiger partial charge in [-0.3, -0.25) is 0 Å². The molecule has 7 rings (SSSR count). The molecule has 5 heteroatoms. The molecule has 2 heterocycles. The first-order valence-electron chi connectivity index (χ1n) is 10.8. The number of fused-ring (bicyclic) bond motifs is 6. The number of nitrogens with zero attached hydrogens (tertiary/aromatic N) is 3. The van der Waals surface area contributed by atoms with Crippen LogP contribution >= 0.6 is 11.6 Å². The van der Waals surface area contributed by atoms with Crippen LogP contribution in [0.3, 0.4) is 0 Å². The fraction of sp³-hybridized carbons (Fsp3) is 0.0357. The van der Waals surface area contributed by atoms with Crippen LogP contribution in [-0.2, 0) is 6.42 Å². The van der Waals surface area contributed by atoms with Gasteiger partial charge in [0.2, 0.25) is 5.28 Å². The van der Waals surface area contributed by atoms with Crippen LogP contribution in [0.5, 0.6) is 0 Å². The third kappa shape index (κ3) is 2.95. The predicted molar refractivity (Wildman–Crippen MR) is 131 cm³/mol. The number of hydrogen-bond acceptors (Lipinski definition) is 4. The van der Waals surface area contributed by atoms with E-state index in [0.29, 0.717) is 11.6 Å². The third-order valence-corrected chi connectivity index (χ3v) is 6.47. The fourth-order valence-electron chi connectivity index (χ4n) is 4.76. The molecule has 33 heavy (non-hydrogen) atoms. The zero-order chi connectivity index (χ0) is 21.9. The first-order valence-corrected chi connectivity index (χ1v) is 11.2. The van der Waals surface area contributed by atoms with Crippen LogP contribution < -0.4 is 0 Å². The molecule has 6 aromatic rings. The lowest BCUT2D eigenvalue weighted by Crippen LogP contribution is -1.97. The van der Waals surface area contributed by atoms with Crippen LogP contribution in [0, 0.1) is 0 Å². The summed E-state index contributed by atoms with van der Waals surface area (Å²) in [5.74, 6) is 1.09. The van der Waals surface area contributed by atoms with E-state index >= 15 is 0 Å². The van der Waals surface area contributed by atoms with Crippen molar-refractivity contribution in [1.29, 1.82) is 0 Å². The molecule has 0 saturated carbocycles. The Bertz CT molecular complexity index is 1720. The number of halogens is 1. The molecular formula is C28H16ClN3O. The zero-order valence-corrected chi connectivity index (χ0v) is 18.2. The van der Waals surface area contributed by atoms with Crippen LogP contribution in [0.1, 0.15) is 11.1 Å². The van der Waals surface area contributed by atoms with Gasteiger partial charge in [-0.1, -0.05) is 60.7 Å². The van der Waals surface area contributed by atoms with Gasteiger partial charge in [-0.2, -0.15) is 9.97 Å². The van der Waals surface area contributed by atoms with Crippen LogP contribution in [0.25, 0.3) is 55.8 Å². The molecule has 1 aliphatic carbocycles. The fourth-order valence-corrected chi connectivity index (χ4v) is 4.92. The quantitative estimate of drug-likeness (QED) is 0.279. The van der Waals surface area contributed by atoms with E-state index in [2.05, 4.69) is 58.5 Å². The van der Waals surface area contributed by atoms with Crippen molar-refractivity contribution in [2.75, 3.05) is 0 Å². The van der Waals surface area contributed by atoms with Gasteiger partial charge in [0.1, 0.15) is 11.2 Å². The molecule has 1 aliphatic rings. The SMILES string of the molecule is Clc1nc(-c2ccc3c(c2)Cc2ccccc2-3)nc(-c2ccc3c(c2)oc2ccccc23)n1. The summed E-state index contributed by atoms with van der Waals surface area (Å²) >= 11 is 6.34. The number of rotatable bonds is 2. The van der Waals surface area contributed by atoms with Crippen LogP contribution in [-0.4, -0.2) is 15.0 Å². The molecule has 0 aliphatic heterocycles. The molecule has 156 valence electrons. The summed E-state index contributed by atoms with van der Waals surface area (Å²) in [6, 6.07) is 28.9. The van der Waals surface area contributed by atoms with E-state index < -0.39 is 0 Å². The number of aromatic nitrogens is 3. The second-order valence-corrected chi connectivity index (χ2v) is 8.60. The van der Waals surface area contributed by atoms with Gasteiger partial charge >= 0.3 is 0 Å². The van der Waals surface area contributed by atoms with Crippen LogP contribution in [0.4, 0.5) is 0 Å². The second kappa shape index (κ2) is 6.99. The van der Waals surface area contributed by atoms with Gasteiger partial charge in [-0.25, -0.2) is 4.98 Å². The van der Waals surface area contributed by atoms with Gasteiger partial charge in [-0.15, -0.1) is 0 Å². The summed E-state index contributed by atoms with van der Waals surface area (Å²) in [7, 11) is 0.